The maximum absolute atomic E-state index is 8.12. The fourth-order valence-corrected chi connectivity index (χ4v) is 0.620. The summed E-state index contributed by atoms with van der Waals surface area (Å²) in [5.41, 5.74) is 0. The van der Waals surface area contributed by atoms with Gasteiger partial charge < -0.3 is 0 Å². The molecule has 0 heterocycles. The minimum absolute atomic E-state index is 0.134. The normalized spacial score (nSPS) is 14.3. The summed E-state index contributed by atoms with van der Waals surface area (Å²) in [6.45, 7) is 3.77. The van der Waals surface area contributed by atoms with Gasteiger partial charge in [-0.15, -0.1) is 0 Å². The van der Waals surface area contributed by atoms with E-state index in [0.717, 1.165) is 12.8 Å². The summed E-state index contributed by atoms with van der Waals surface area (Å²) in [5.74, 6) is 0. The molecule has 0 unspecified atom stereocenters. The Morgan fingerprint density at radius 2 is 2.11 bits per heavy atom. The third-order valence-corrected chi connectivity index (χ3v) is 0.969. The standard InChI is InChI=1S/C5H13NO3/c1-3-4-5(2)9-6(7)8/h5,7-8H,3-4H2,1-2H3/t5-/m1/s1. The van der Waals surface area contributed by atoms with Gasteiger partial charge in [0.1, 0.15) is 0 Å². The zero-order chi connectivity index (χ0) is 7.28. The molecule has 0 saturated carbocycles. The number of nitrogens with zero attached hydrogens (tertiary/aromatic N) is 1. The lowest BCUT2D eigenvalue weighted by Gasteiger charge is -2.12. The van der Waals surface area contributed by atoms with Crippen LogP contribution in [0.5, 0.6) is 0 Å². The highest BCUT2D eigenvalue weighted by Gasteiger charge is 2.02. The van der Waals surface area contributed by atoms with Crippen molar-refractivity contribution in [1.82, 2.24) is 5.39 Å². The molecule has 0 amide bonds. The molecular formula is C5H13NO3. The van der Waals surface area contributed by atoms with Crippen LogP contribution in [-0.4, -0.2) is 21.9 Å². The van der Waals surface area contributed by atoms with Gasteiger partial charge in [-0.2, -0.15) is 0 Å². The minimum Gasteiger partial charge on any atom is -0.266 e. The van der Waals surface area contributed by atoms with E-state index in [1.165, 1.54) is 0 Å². The molecule has 0 saturated heterocycles. The van der Waals surface area contributed by atoms with Gasteiger partial charge in [0.25, 0.3) is 0 Å². The van der Waals surface area contributed by atoms with Crippen LogP contribution in [0.3, 0.4) is 0 Å². The van der Waals surface area contributed by atoms with Gasteiger partial charge >= 0.3 is 0 Å². The molecule has 2 N–H and O–H groups in total. The van der Waals surface area contributed by atoms with Gasteiger partial charge in [0, 0.05) is 0 Å². The van der Waals surface area contributed by atoms with Crippen LogP contribution in [0.15, 0.2) is 0 Å². The molecule has 0 aliphatic heterocycles. The fourth-order valence-electron chi connectivity index (χ4n) is 0.620. The van der Waals surface area contributed by atoms with E-state index in [1.807, 2.05) is 6.92 Å². The Bertz CT molecular complexity index is 67.2. The van der Waals surface area contributed by atoms with Crippen LogP contribution >= 0.6 is 0 Å². The molecule has 0 rings (SSSR count). The van der Waals surface area contributed by atoms with E-state index in [2.05, 4.69) is 4.84 Å². The maximum atomic E-state index is 8.12. The van der Waals surface area contributed by atoms with Gasteiger partial charge in [-0.3, -0.25) is 10.4 Å². The van der Waals surface area contributed by atoms with E-state index < -0.39 is 0 Å². The summed E-state index contributed by atoms with van der Waals surface area (Å²) < 4.78 is 0. The van der Waals surface area contributed by atoms with Crippen molar-refractivity contribution in [2.75, 3.05) is 0 Å². The molecule has 0 radical (unpaired) electrons. The Hall–Kier alpha value is -0.160. The molecule has 0 aromatic carbocycles. The zero-order valence-corrected chi connectivity index (χ0v) is 5.74. The summed E-state index contributed by atoms with van der Waals surface area (Å²) in [5, 5.41) is 16.0. The molecule has 4 nitrogen and oxygen atoms in total. The summed E-state index contributed by atoms with van der Waals surface area (Å²) >= 11 is 0. The summed E-state index contributed by atoms with van der Waals surface area (Å²) in [6, 6.07) is 0. The summed E-state index contributed by atoms with van der Waals surface area (Å²) in [6.07, 6.45) is 1.65. The predicted octanol–water partition coefficient (Wildman–Crippen LogP) is 1.19. The molecule has 56 valence electrons. The number of hydrogen-bond acceptors (Lipinski definition) is 4. The highest BCUT2D eigenvalue weighted by molar-refractivity contribution is 4.43. The van der Waals surface area contributed by atoms with Crippen molar-refractivity contribution in [3.05, 3.63) is 0 Å². The lowest BCUT2D eigenvalue weighted by molar-refractivity contribution is -0.503. The SMILES string of the molecule is CCC[C@@H](C)ON(O)O. The molecule has 4 heteroatoms. The third kappa shape index (κ3) is 5.72. The molecule has 1 atom stereocenters. The van der Waals surface area contributed by atoms with Crippen LogP contribution in [0.2, 0.25) is 0 Å². The van der Waals surface area contributed by atoms with Crippen LogP contribution in [0.1, 0.15) is 26.7 Å². The first-order valence-electron chi connectivity index (χ1n) is 3.01. The van der Waals surface area contributed by atoms with Crippen molar-refractivity contribution in [1.29, 1.82) is 0 Å². The van der Waals surface area contributed by atoms with Gasteiger partial charge in [0.05, 0.1) is 11.5 Å². The average molecular weight is 135 g/mol. The van der Waals surface area contributed by atoms with Crippen LogP contribution in [0, 0.1) is 0 Å². The quantitative estimate of drug-likeness (QED) is 0.568. The zero-order valence-electron chi connectivity index (χ0n) is 5.74. The predicted molar refractivity (Wildman–Crippen MR) is 30.9 cm³/mol. The molecule has 9 heavy (non-hydrogen) atoms. The Morgan fingerprint density at radius 1 is 1.56 bits per heavy atom. The number of hydrogen-bond donors (Lipinski definition) is 2. The van der Waals surface area contributed by atoms with Crippen LogP contribution < -0.4 is 0 Å². The Balaban J connectivity index is 3.15. The van der Waals surface area contributed by atoms with Crippen molar-refractivity contribution in [3.63, 3.8) is 0 Å². The van der Waals surface area contributed by atoms with E-state index in [-0.39, 0.29) is 11.5 Å². The smallest absolute Gasteiger partial charge is 0.0816 e. The van der Waals surface area contributed by atoms with E-state index >= 15 is 0 Å². The summed E-state index contributed by atoms with van der Waals surface area (Å²) in [7, 11) is 0. The van der Waals surface area contributed by atoms with E-state index in [9.17, 15) is 0 Å². The third-order valence-electron chi connectivity index (χ3n) is 0.969. The van der Waals surface area contributed by atoms with Crippen LogP contribution in [0.4, 0.5) is 0 Å². The Morgan fingerprint density at radius 3 is 2.44 bits per heavy atom. The molecular weight excluding hydrogens is 122 g/mol. The first kappa shape index (κ1) is 8.84. The van der Waals surface area contributed by atoms with E-state index in [0.29, 0.717) is 0 Å². The first-order chi connectivity index (χ1) is 4.16. The fraction of sp³-hybridized carbons (Fsp3) is 1.00. The average Bonchev–Trinajstić information content (AvgIpc) is 1.63. The second-order valence-electron chi connectivity index (χ2n) is 1.96. The highest BCUT2D eigenvalue weighted by Crippen LogP contribution is 2.00. The molecule has 0 aromatic rings. The van der Waals surface area contributed by atoms with Crippen molar-refractivity contribution in [2.24, 2.45) is 0 Å². The Labute approximate surface area is 54.5 Å². The van der Waals surface area contributed by atoms with Gasteiger partial charge in [-0.05, 0) is 13.3 Å². The molecule has 0 aromatic heterocycles. The lowest BCUT2D eigenvalue weighted by Crippen LogP contribution is -2.21. The molecule has 0 fully saturated rings. The first-order valence-corrected chi connectivity index (χ1v) is 3.01. The van der Waals surface area contributed by atoms with Crippen molar-refractivity contribution in [2.45, 2.75) is 32.8 Å². The lowest BCUT2D eigenvalue weighted by atomic mass is 10.2. The number of rotatable bonds is 4. The van der Waals surface area contributed by atoms with Gasteiger partial charge in [-0.25, -0.2) is 4.84 Å². The van der Waals surface area contributed by atoms with Crippen LogP contribution in [0.25, 0.3) is 0 Å². The highest BCUT2D eigenvalue weighted by atomic mass is 17.1. The van der Waals surface area contributed by atoms with E-state index in [4.69, 9.17) is 10.4 Å². The van der Waals surface area contributed by atoms with Gasteiger partial charge in [-0.1, -0.05) is 13.3 Å². The topological polar surface area (TPSA) is 52.9 Å². The van der Waals surface area contributed by atoms with Gasteiger partial charge in [0.15, 0.2) is 0 Å². The molecule has 0 bridgehead atoms. The monoisotopic (exact) mass is 135 g/mol. The van der Waals surface area contributed by atoms with Crippen molar-refractivity contribution < 1.29 is 15.3 Å². The molecule has 0 spiro atoms. The molecule has 0 aliphatic rings. The van der Waals surface area contributed by atoms with Crippen LogP contribution in [-0.2, 0) is 4.84 Å². The second kappa shape index (κ2) is 4.69. The second-order valence-corrected chi connectivity index (χ2v) is 1.96. The largest absolute Gasteiger partial charge is 0.266 e. The van der Waals surface area contributed by atoms with Gasteiger partial charge in [0.2, 0.25) is 0 Å². The maximum Gasteiger partial charge on any atom is 0.0816 e. The summed E-state index contributed by atoms with van der Waals surface area (Å²) in [4.78, 5) is 4.43. The van der Waals surface area contributed by atoms with E-state index in [1.54, 1.807) is 6.92 Å². The van der Waals surface area contributed by atoms with Crippen molar-refractivity contribution >= 4 is 0 Å². The van der Waals surface area contributed by atoms with Crippen molar-refractivity contribution in [3.8, 4) is 0 Å². The molecule has 0 aliphatic carbocycles. The Kier molecular flexibility index (Phi) is 4.61. The minimum atomic E-state index is -0.250.